The van der Waals surface area contributed by atoms with E-state index in [0.717, 1.165) is 18.6 Å². The topological polar surface area (TPSA) is 20.2 Å². The number of hydrogen-bond acceptors (Lipinski definition) is 2. The molecule has 0 unspecified atom stereocenters. The Labute approximate surface area is 78.8 Å². The number of hydrogen-bond donors (Lipinski definition) is 2. The lowest BCUT2D eigenvalue weighted by Crippen LogP contribution is -1.85. The van der Waals surface area contributed by atoms with E-state index in [1.165, 1.54) is 12.0 Å². The standard InChI is InChI=1S/C10H14OS/c11-10-6-4-9(5-7-10)3-1-2-8-12/h4-7,11-12H,1-3,8H2. The Balaban J connectivity index is 2.37. The van der Waals surface area contributed by atoms with Crippen molar-refractivity contribution in [2.24, 2.45) is 0 Å². The smallest absolute Gasteiger partial charge is 0.115 e. The van der Waals surface area contributed by atoms with Gasteiger partial charge < -0.3 is 5.11 Å². The summed E-state index contributed by atoms with van der Waals surface area (Å²) in [5.74, 6) is 1.30. The van der Waals surface area contributed by atoms with Crippen LogP contribution in [-0.4, -0.2) is 10.9 Å². The van der Waals surface area contributed by atoms with Crippen LogP contribution < -0.4 is 0 Å². The van der Waals surface area contributed by atoms with E-state index in [4.69, 9.17) is 5.11 Å². The van der Waals surface area contributed by atoms with Gasteiger partial charge in [-0.15, -0.1) is 0 Å². The number of benzene rings is 1. The van der Waals surface area contributed by atoms with Crippen LogP contribution >= 0.6 is 12.6 Å². The van der Waals surface area contributed by atoms with Gasteiger partial charge in [-0.3, -0.25) is 0 Å². The molecule has 0 atom stereocenters. The van der Waals surface area contributed by atoms with Gasteiger partial charge in [0, 0.05) is 0 Å². The zero-order chi connectivity index (χ0) is 8.81. The Kier molecular flexibility index (Phi) is 4.01. The molecule has 1 rings (SSSR count). The second kappa shape index (κ2) is 5.09. The van der Waals surface area contributed by atoms with Gasteiger partial charge in [0.25, 0.3) is 0 Å². The van der Waals surface area contributed by atoms with Crippen LogP contribution in [0.15, 0.2) is 24.3 Å². The summed E-state index contributed by atoms with van der Waals surface area (Å²) in [5, 5.41) is 9.02. The lowest BCUT2D eigenvalue weighted by Gasteiger charge is -1.99. The number of aromatic hydroxyl groups is 1. The SMILES string of the molecule is Oc1ccc(CCCCS)cc1. The maximum atomic E-state index is 9.02. The summed E-state index contributed by atoms with van der Waals surface area (Å²) in [4.78, 5) is 0. The molecule has 0 bridgehead atoms. The van der Waals surface area contributed by atoms with Crippen LogP contribution in [0, 0.1) is 0 Å². The van der Waals surface area contributed by atoms with Crippen LogP contribution in [0.5, 0.6) is 5.75 Å². The first-order valence-electron chi connectivity index (χ1n) is 4.21. The first-order valence-corrected chi connectivity index (χ1v) is 4.85. The molecule has 0 spiro atoms. The summed E-state index contributed by atoms with van der Waals surface area (Å²) in [6.07, 6.45) is 3.42. The normalized spacial score (nSPS) is 10.1. The molecule has 0 heterocycles. The molecule has 66 valence electrons. The van der Waals surface area contributed by atoms with E-state index in [9.17, 15) is 0 Å². The second-order valence-corrected chi connectivity index (χ2v) is 3.29. The summed E-state index contributed by atoms with van der Waals surface area (Å²) in [6.45, 7) is 0. The van der Waals surface area contributed by atoms with E-state index in [1.807, 2.05) is 12.1 Å². The Morgan fingerprint density at radius 1 is 1.08 bits per heavy atom. The largest absolute Gasteiger partial charge is 0.508 e. The van der Waals surface area contributed by atoms with Gasteiger partial charge in [-0.25, -0.2) is 0 Å². The minimum absolute atomic E-state index is 0.341. The van der Waals surface area contributed by atoms with E-state index < -0.39 is 0 Å². The predicted molar refractivity (Wildman–Crippen MR) is 54.9 cm³/mol. The van der Waals surface area contributed by atoms with Crippen molar-refractivity contribution in [3.05, 3.63) is 29.8 Å². The van der Waals surface area contributed by atoms with Gasteiger partial charge >= 0.3 is 0 Å². The maximum absolute atomic E-state index is 9.02. The molecule has 0 aliphatic rings. The highest BCUT2D eigenvalue weighted by Gasteiger charge is 1.92. The average Bonchev–Trinajstić information content (AvgIpc) is 2.09. The van der Waals surface area contributed by atoms with Crippen molar-refractivity contribution < 1.29 is 5.11 Å². The van der Waals surface area contributed by atoms with Gasteiger partial charge in [-0.05, 0) is 42.7 Å². The van der Waals surface area contributed by atoms with Crippen molar-refractivity contribution in [2.45, 2.75) is 19.3 Å². The molecule has 0 fully saturated rings. The highest BCUT2D eigenvalue weighted by atomic mass is 32.1. The van der Waals surface area contributed by atoms with Gasteiger partial charge in [0.05, 0.1) is 0 Å². The predicted octanol–water partition coefficient (Wildman–Crippen LogP) is 2.64. The Morgan fingerprint density at radius 2 is 1.75 bits per heavy atom. The molecule has 1 aromatic rings. The molecule has 12 heavy (non-hydrogen) atoms. The summed E-state index contributed by atoms with van der Waals surface area (Å²) in [6, 6.07) is 7.40. The van der Waals surface area contributed by atoms with Crippen molar-refractivity contribution in [3.8, 4) is 5.75 Å². The molecule has 2 heteroatoms. The van der Waals surface area contributed by atoms with E-state index >= 15 is 0 Å². The minimum Gasteiger partial charge on any atom is -0.508 e. The van der Waals surface area contributed by atoms with Crippen molar-refractivity contribution in [1.29, 1.82) is 0 Å². The molecule has 0 aromatic heterocycles. The third kappa shape index (κ3) is 3.18. The monoisotopic (exact) mass is 182 g/mol. The number of unbranched alkanes of at least 4 members (excludes halogenated alkanes) is 1. The summed E-state index contributed by atoms with van der Waals surface area (Å²) < 4.78 is 0. The molecule has 0 saturated carbocycles. The third-order valence-electron chi connectivity index (χ3n) is 1.81. The highest BCUT2D eigenvalue weighted by Crippen LogP contribution is 2.11. The van der Waals surface area contributed by atoms with Gasteiger partial charge in [0.1, 0.15) is 5.75 Å². The second-order valence-electron chi connectivity index (χ2n) is 2.85. The Bertz CT molecular complexity index is 218. The van der Waals surface area contributed by atoms with Crippen LogP contribution in [-0.2, 0) is 6.42 Å². The van der Waals surface area contributed by atoms with Gasteiger partial charge in [0.15, 0.2) is 0 Å². The number of phenolic OH excluding ortho intramolecular Hbond substituents is 1. The number of aryl methyl sites for hydroxylation is 1. The number of phenols is 1. The zero-order valence-electron chi connectivity index (χ0n) is 7.03. The lowest BCUT2D eigenvalue weighted by atomic mass is 10.1. The molecule has 0 saturated heterocycles. The highest BCUT2D eigenvalue weighted by molar-refractivity contribution is 7.80. The minimum atomic E-state index is 0.341. The number of thiol groups is 1. The van der Waals surface area contributed by atoms with Crippen molar-refractivity contribution in [3.63, 3.8) is 0 Å². The molecule has 0 aliphatic carbocycles. The fraction of sp³-hybridized carbons (Fsp3) is 0.400. The summed E-state index contributed by atoms with van der Waals surface area (Å²) >= 11 is 4.14. The Hall–Kier alpha value is -0.630. The number of rotatable bonds is 4. The lowest BCUT2D eigenvalue weighted by molar-refractivity contribution is 0.475. The van der Waals surface area contributed by atoms with Gasteiger partial charge in [0.2, 0.25) is 0 Å². The van der Waals surface area contributed by atoms with Crippen molar-refractivity contribution in [1.82, 2.24) is 0 Å². The van der Waals surface area contributed by atoms with Crippen LogP contribution in [0.2, 0.25) is 0 Å². The first kappa shape index (κ1) is 9.46. The summed E-state index contributed by atoms with van der Waals surface area (Å²) in [7, 11) is 0. The average molecular weight is 182 g/mol. The van der Waals surface area contributed by atoms with Crippen LogP contribution in [0.3, 0.4) is 0 Å². The van der Waals surface area contributed by atoms with Crippen LogP contribution in [0.1, 0.15) is 18.4 Å². The molecule has 1 N–H and O–H groups in total. The van der Waals surface area contributed by atoms with E-state index in [2.05, 4.69) is 12.6 Å². The quantitative estimate of drug-likeness (QED) is 0.542. The molecule has 0 amide bonds. The van der Waals surface area contributed by atoms with Crippen molar-refractivity contribution >= 4 is 12.6 Å². The van der Waals surface area contributed by atoms with E-state index in [0.29, 0.717) is 5.75 Å². The van der Waals surface area contributed by atoms with Gasteiger partial charge in [-0.1, -0.05) is 12.1 Å². The third-order valence-corrected chi connectivity index (χ3v) is 2.13. The molecule has 1 nitrogen and oxygen atoms in total. The zero-order valence-corrected chi connectivity index (χ0v) is 7.93. The Morgan fingerprint density at radius 3 is 2.33 bits per heavy atom. The molecular weight excluding hydrogens is 168 g/mol. The van der Waals surface area contributed by atoms with Crippen LogP contribution in [0.25, 0.3) is 0 Å². The molecule has 0 radical (unpaired) electrons. The maximum Gasteiger partial charge on any atom is 0.115 e. The fourth-order valence-electron chi connectivity index (χ4n) is 1.10. The van der Waals surface area contributed by atoms with E-state index in [1.54, 1.807) is 12.1 Å². The van der Waals surface area contributed by atoms with Crippen molar-refractivity contribution in [2.75, 3.05) is 5.75 Å². The molecule has 0 aliphatic heterocycles. The molecule has 1 aromatic carbocycles. The summed E-state index contributed by atoms with van der Waals surface area (Å²) in [5.41, 5.74) is 1.29. The van der Waals surface area contributed by atoms with Gasteiger partial charge in [-0.2, -0.15) is 12.6 Å². The fourth-order valence-corrected chi connectivity index (χ4v) is 1.33. The first-order chi connectivity index (χ1) is 5.83. The molecular formula is C10H14OS. The van der Waals surface area contributed by atoms with Crippen LogP contribution in [0.4, 0.5) is 0 Å². The van der Waals surface area contributed by atoms with E-state index in [-0.39, 0.29) is 0 Å².